The molecule has 0 N–H and O–H groups in total. The van der Waals surface area contributed by atoms with E-state index in [1.807, 2.05) is 16.3 Å². The minimum absolute atomic E-state index is 0.180. The Morgan fingerprint density at radius 3 is 2.68 bits per heavy atom. The first-order valence-corrected chi connectivity index (χ1v) is 8.27. The number of amides is 1. The van der Waals surface area contributed by atoms with Gasteiger partial charge in [0, 0.05) is 23.4 Å². The lowest BCUT2D eigenvalue weighted by molar-refractivity contribution is 0.0760. The molecule has 1 aliphatic heterocycles. The van der Waals surface area contributed by atoms with E-state index >= 15 is 0 Å². The zero-order valence-corrected chi connectivity index (χ0v) is 13.7. The lowest BCUT2D eigenvalue weighted by Crippen LogP contribution is -2.32. The molecule has 1 fully saturated rings. The number of hydrogen-bond acceptors (Lipinski definition) is 3. The number of carbonyl (C=O) groups is 1. The molecule has 0 spiro atoms. The Labute approximate surface area is 125 Å². The highest BCUT2D eigenvalue weighted by atomic mass is 32.1. The smallest absolute Gasteiger partial charge is 0.263 e. The van der Waals surface area contributed by atoms with Crippen LogP contribution in [0.3, 0.4) is 0 Å². The lowest BCUT2D eigenvalue weighted by atomic mass is 9.77. The fraction of sp³-hybridized carbons (Fsp3) is 0.667. The predicted molar refractivity (Wildman–Crippen MR) is 84.3 cm³/mol. The first-order chi connectivity index (χ1) is 8.88. The number of carbonyl (C=O) groups excluding carboxylic acids is 1. The molecule has 106 valence electrons. The van der Waals surface area contributed by atoms with Crippen molar-refractivity contribution in [1.82, 2.24) is 4.90 Å². The van der Waals surface area contributed by atoms with E-state index in [-0.39, 0.29) is 5.91 Å². The standard InChI is InChI=1S/C15H23NOS2/c1-15(2,3)11-5-4-7-16(8-6-11)14(17)13-9-12(18)10-19-13/h9-11,18H,4-8H2,1-3H3. The highest BCUT2D eigenvalue weighted by Crippen LogP contribution is 2.34. The predicted octanol–water partition coefficient (Wildman–Crippen LogP) is 4.33. The molecule has 4 heteroatoms. The number of thiophene rings is 1. The number of thiol groups is 1. The quantitative estimate of drug-likeness (QED) is 0.765. The van der Waals surface area contributed by atoms with E-state index in [0.717, 1.165) is 35.7 Å². The zero-order chi connectivity index (χ0) is 14.0. The number of hydrogen-bond donors (Lipinski definition) is 1. The van der Waals surface area contributed by atoms with Crippen molar-refractivity contribution in [2.75, 3.05) is 13.1 Å². The second-order valence-electron chi connectivity index (χ2n) is 6.46. The molecule has 2 rings (SSSR count). The van der Waals surface area contributed by atoms with Gasteiger partial charge >= 0.3 is 0 Å². The first kappa shape index (κ1) is 14.9. The first-order valence-electron chi connectivity index (χ1n) is 6.94. The molecule has 1 amide bonds. The van der Waals surface area contributed by atoms with E-state index in [2.05, 4.69) is 33.4 Å². The summed E-state index contributed by atoms with van der Waals surface area (Å²) in [6, 6.07) is 1.88. The van der Waals surface area contributed by atoms with Gasteiger partial charge in [-0.1, -0.05) is 20.8 Å². The Kier molecular flexibility index (Phi) is 4.62. The molecule has 2 heterocycles. The van der Waals surface area contributed by atoms with Gasteiger partial charge in [-0.15, -0.1) is 24.0 Å². The molecule has 19 heavy (non-hydrogen) atoms. The highest BCUT2D eigenvalue weighted by Gasteiger charge is 2.28. The van der Waals surface area contributed by atoms with Gasteiger partial charge < -0.3 is 4.90 Å². The van der Waals surface area contributed by atoms with E-state index in [4.69, 9.17) is 0 Å². The van der Waals surface area contributed by atoms with Gasteiger partial charge in [0.15, 0.2) is 0 Å². The van der Waals surface area contributed by atoms with Crippen LogP contribution >= 0.6 is 24.0 Å². The largest absolute Gasteiger partial charge is 0.338 e. The molecule has 0 bridgehead atoms. The van der Waals surface area contributed by atoms with E-state index < -0.39 is 0 Å². The molecule has 1 saturated heterocycles. The Balaban J connectivity index is 2.01. The van der Waals surface area contributed by atoms with Crippen LogP contribution in [-0.2, 0) is 0 Å². The molecule has 1 aliphatic rings. The normalized spacial score (nSPS) is 21.3. The maximum absolute atomic E-state index is 12.4. The molecule has 1 aromatic heterocycles. The topological polar surface area (TPSA) is 20.3 Å². The summed E-state index contributed by atoms with van der Waals surface area (Å²) in [5, 5.41) is 1.92. The van der Waals surface area contributed by atoms with Crippen LogP contribution in [0.15, 0.2) is 16.3 Å². The second kappa shape index (κ2) is 5.88. The monoisotopic (exact) mass is 297 g/mol. The highest BCUT2D eigenvalue weighted by molar-refractivity contribution is 7.80. The molecule has 0 radical (unpaired) electrons. The van der Waals surface area contributed by atoms with Crippen LogP contribution < -0.4 is 0 Å². The Morgan fingerprint density at radius 2 is 2.11 bits per heavy atom. The van der Waals surface area contributed by atoms with E-state index in [9.17, 15) is 4.79 Å². The average molecular weight is 297 g/mol. The maximum Gasteiger partial charge on any atom is 0.263 e. The van der Waals surface area contributed by atoms with Crippen molar-refractivity contribution in [2.45, 2.75) is 44.9 Å². The minimum atomic E-state index is 0.180. The molecule has 0 saturated carbocycles. The second-order valence-corrected chi connectivity index (χ2v) is 7.88. The van der Waals surface area contributed by atoms with Gasteiger partial charge in [-0.05, 0) is 36.7 Å². The summed E-state index contributed by atoms with van der Waals surface area (Å²) in [6.07, 6.45) is 3.47. The average Bonchev–Trinajstić information content (AvgIpc) is 2.62. The van der Waals surface area contributed by atoms with Crippen LogP contribution in [-0.4, -0.2) is 23.9 Å². The molecule has 2 nitrogen and oxygen atoms in total. The molecular weight excluding hydrogens is 274 g/mol. The van der Waals surface area contributed by atoms with E-state index in [0.29, 0.717) is 11.3 Å². The number of likely N-dealkylation sites (tertiary alicyclic amines) is 1. The van der Waals surface area contributed by atoms with Crippen molar-refractivity contribution < 1.29 is 4.79 Å². The summed E-state index contributed by atoms with van der Waals surface area (Å²) >= 11 is 5.77. The lowest BCUT2D eigenvalue weighted by Gasteiger charge is -2.29. The maximum atomic E-state index is 12.4. The summed E-state index contributed by atoms with van der Waals surface area (Å²) in [7, 11) is 0. The van der Waals surface area contributed by atoms with Crippen LogP contribution in [0.5, 0.6) is 0 Å². The molecule has 1 aromatic rings. The van der Waals surface area contributed by atoms with Crippen molar-refractivity contribution in [3.63, 3.8) is 0 Å². The Hall–Kier alpha value is -0.480. The van der Waals surface area contributed by atoms with Gasteiger partial charge in [0.05, 0.1) is 4.88 Å². The van der Waals surface area contributed by atoms with Crippen LogP contribution in [0.4, 0.5) is 0 Å². The SMILES string of the molecule is CC(C)(C)C1CCCN(C(=O)c2cc(S)cs2)CC1. The number of rotatable bonds is 1. The van der Waals surface area contributed by atoms with Crippen LogP contribution in [0.1, 0.15) is 49.7 Å². The van der Waals surface area contributed by atoms with Gasteiger partial charge in [0.2, 0.25) is 0 Å². The van der Waals surface area contributed by atoms with E-state index in [1.54, 1.807) is 0 Å². The van der Waals surface area contributed by atoms with Gasteiger partial charge in [-0.25, -0.2) is 0 Å². The summed E-state index contributed by atoms with van der Waals surface area (Å²) in [6.45, 7) is 8.70. The Bertz CT molecular complexity index is 447. The third kappa shape index (κ3) is 3.76. The van der Waals surface area contributed by atoms with Crippen molar-refractivity contribution in [3.05, 3.63) is 16.3 Å². The molecule has 1 unspecified atom stereocenters. The molecular formula is C15H23NOS2. The number of nitrogens with zero attached hydrogens (tertiary/aromatic N) is 1. The molecule has 1 atom stereocenters. The fourth-order valence-corrected chi connectivity index (χ4v) is 3.87. The van der Waals surface area contributed by atoms with Gasteiger partial charge in [0.1, 0.15) is 0 Å². The van der Waals surface area contributed by atoms with Gasteiger partial charge in [0.25, 0.3) is 5.91 Å². The minimum Gasteiger partial charge on any atom is -0.338 e. The van der Waals surface area contributed by atoms with Gasteiger partial charge in [-0.2, -0.15) is 0 Å². The van der Waals surface area contributed by atoms with Crippen molar-refractivity contribution in [1.29, 1.82) is 0 Å². The summed E-state index contributed by atoms with van der Waals surface area (Å²) in [5.41, 5.74) is 0.347. The van der Waals surface area contributed by atoms with Crippen LogP contribution in [0.2, 0.25) is 0 Å². The van der Waals surface area contributed by atoms with E-state index in [1.165, 1.54) is 17.8 Å². The molecule has 0 aromatic carbocycles. The van der Waals surface area contributed by atoms with Gasteiger partial charge in [-0.3, -0.25) is 4.79 Å². The summed E-state index contributed by atoms with van der Waals surface area (Å²) in [5.74, 6) is 0.897. The third-order valence-corrected chi connectivity index (χ3v) is 5.39. The van der Waals surface area contributed by atoms with Crippen molar-refractivity contribution in [3.8, 4) is 0 Å². The molecule has 0 aliphatic carbocycles. The summed E-state index contributed by atoms with van der Waals surface area (Å²) < 4.78 is 0. The van der Waals surface area contributed by atoms with Crippen molar-refractivity contribution in [2.24, 2.45) is 11.3 Å². The van der Waals surface area contributed by atoms with Crippen molar-refractivity contribution >= 4 is 29.9 Å². The zero-order valence-electron chi connectivity index (χ0n) is 12.0. The Morgan fingerprint density at radius 1 is 1.37 bits per heavy atom. The fourth-order valence-electron chi connectivity index (χ4n) is 2.76. The van der Waals surface area contributed by atoms with Crippen LogP contribution in [0, 0.1) is 11.3 Å². The third-order valence-electron chi connectivity index (χ3n) is 4.04. The van der Waals surface area contributed by atoms with Crippen LogP contribution in [0.25, 0.3) is 0 Å². The summed E-state index contributed by atoms with van der Waals surface area (Å²) in [4.78, 5) is 16.1.